The number of phenols is 1. The smallest absolute Gasteiger partial charge is 0.115 e. The molecule has 3 aromatic carbocycles. The zero-order valence-electron chi connectivity index (χ0n) is 12.7. The van der Waals surface area contributed by atoms with Gasteiger partial charge in [0.25, 0.3) is 0 Å². The highest BCUT2D eigenvalue weighted by Gasteiger charge is 2.03. The molecule has 1 nitrogen and oxygen atoms in total. The first-order valence-electron chi connectivity index (χ1n) is 7.49. The van der Waals surface area contributed by atoms with Gasteiger partial charge in [0.15, 0.2) is 0 Å². The van der Waals surface area contributed by atoms with Crippen LogP contribution in [0.5, 0.6) is 5.75 Å². The number of hydrogen-bond donors (Lipinski definition) is 1. The number of aromatic hydroxyl groups is 1. The van der Waals surface area contributed by atoms with Crippen molar-refractivity contribution in [3.63, 3.8) is 0 Å². The number of fused-ring (bicyclic) bond motifs is 1. The molecule has 0 aliphatic carbocycles. The van der Waals surface area contributed by atoms with Crippen LogP contribution in [0.1, 0.15) is 25.0 Å². The van der Waals surface area contributed by atoms with E-state index in [1.165, 1.54) is 21.9 Å². The summed E-state index contributed by atoms with van der Waals surface area (Å²) >= 11 is 0. The third-order valence-electron chi connectivity index (χ3n) is 3.63. The highest BCUT2D eigenvalue weighted by molar-refractivity contribution is 5.86. The Balaban J connectivity index is 0.000000194. The van der Waals surface area contributed by atoms with Crippen LogP contribution in [0.4, 0.5) is 0 Å². The van der Waals surface area contributed by atoms with E-state index in [-0.39, 0.29) is 0 Å². The quantitative estimate of drug-likeness (QED) is 0.669. The molecular formula is C20H22O. The van der Waals surface area contributed by atoms with Crippen molar-refractivity contribution in [2.75, 3.05) is 0 Å². The van der Waals surface area contributed by atoms with Crippen molar-refractivity contribution >= 4 is 10.8 Å². The van der Waals surface area contributed by atoms with E-state index in [0.717, 1.165) is 12.8 Å². The Bertz CT molecular complexity index is 687. The lowest BCUT2D eigenvalue weighted by molar-refractivity contribution is 0.475. The lowest BCUT2D eigenvalue weighted by Gasteiger charge is -2.09. The first kappa shape index (κ1) is 15.1. The van der Waals surface area contributed by atoms with E-state index in [9.17, 15) is 0 Å². The molecule has 0 saturated heterocycles. The van der Waals surface area contributed by atoms with Gasteiger partial charge in [-0.1, -0.05) is 68.4 Å². The van der Waals surface area contributed by atoms with Gasteiger partial charge in [0.2, 0.25) is 0 Å². The minimum Gasteiger partial charge on any atom is -0.508 e. The molecule has 0 amide bonds. The van der Waals surface area contributed by atoms with Gasteiger partial charge in [-0.15, -0.1) is 0 Å². The molecule has 0 fully saturated rings. The summed E-state index contributed by atoms with van der Waals surface area (Å²) in [4.78, 5) is 0. The predicted octanol–water partition coefficient (Wildman–Crippen LogP) is 5.36. The Labute approximate surface area is 126 Å². The minimum atomic E-state index is 0.322. The zero-order chi connectivity index (χ0) is 15.1. The fourth-order valence-electron chi connectivity index (χ4n) is 2.56. The Morgan fingerprint density at radius 2 is 1.38 bits per heavy atom. The van der Waals surface area contributed by atoms with Gasteiger partial charge >= 0.3 is 0 Å². The standard InChI is InChI=1S/C14H16.C6H6O/c1-3-11-9-10-12-7-5-6-8-14(12)13(11)4-2;7-6-4-2-1-3-5-6/h5-10H,3-4H2,1-2H3;1-5,7H. The number of para-hydroxylation sites is 1. The van der Waals surface area contributed by atoms with Crippen molar-refractivity contribution in [1.29, 1.82) is 0 Å². The van der Waals surface area contributed by atoms with Crippen molar-refractivity contribution in [3.8, 4) is 5.75 Å². The van der Waals surface area contributed by atoms with Gasteiger partial charge in [-0.25, -0.2) is 0 Å². The topological polar surface area (TPSA) is 20.2 Å². The summed E-state index contributed by atoms with van der Waals surface area (Å²) in [6.07, 6.45) is 2.26. The fraction of sp³-hybridized carbons (Fsp3) is 0.200. The molecule has 3 aromatic rings. The normalized spacial score (nSPS) is 10.0. The lowest BCUT2D eigenvalue weighted by Crippen LogP contribution is -1.92. The molecule has 21 heavy (non-hydrogen) atoms. The number of aryl methyl sites for hydroxylation is 2. The van der Waals surface area contributed by atoms with E-state index in [1.54, 1.807) is 24.3 Å². The average molecular weight is 278 g/mol. The summed E-state index contributed by atoms with van der Waals surface area (Å²) in [7, 11) is 0. The second-order valence-corrected chi connectivity index (χ2v) is 4.97. The van der Waals surface area contributed by atoms with Gasteiger partial charge in [-0.3, -0.25) is 0 Å². The highest BCUT2D eigenvalue weighted by atomic mass is 16.3. The zero-order valence-corrected chi connectivity index (χ0v) is 12.7. The predicted molar refractivity (Wildman–Crippen MR) is 90.8 cm³/mol. The van der Waals surface area contributed by atoms with E-state index in [1.807, 2.05) is 6.07 Å². The Kier molecular flexibility index (Phi) is 5.39. The van der Waals surface area contributed by atoms with Gasteiger partial charge in [0.05, 0.1) is 0 Å². The summed E-state index contributed by atoms with van der Waals surface area (Å²) in [6, 6.07) is 21.9. The van der Waals surface area contributed by atoms with Gasteiger partial charge in [0.1, 0.15) is 5.75 Å². The molecule has 3 rings (SSSR count). The molecule has 0 radical (unpaired) electrons. The van der Waals surface area contributed by atoms with Gasteiger partial charge in [-0.2, -0.15) is 0 Å². The maximum Gasteiger partial charge on any atom is 0.115 e. The van der Waals surface area contributed by atoms with Gasteiger partial charge in [-0.05, 0) is 46.9 Å². The summed E-state index contributed by atoms with van der Waals surface area (Å²) in [5.41, 5.74) is 3.01. The van der Waals surface area contributed by atoms with Crippen LogP contribution in [0, 0.1) is 0 Å². The van der Waals surface area contributed by atoms with Crippen molar-refractivity contribution in [1.82, 2.24) is 0 Å². The maximum atomic E-state index is 8.63. The van der Waals surface area contributed by atoms with Crippen LogP contribution in [-0.4, -0.2) is 5.11 Å². The maximum absolute atomic E-state index is 8.63. The Morgan fingerprint density at radius 1 is 0.714 bits per heavy atom. The van der Waals surface area contributed by atoms with Crippen LogP contribution in [0.2, 0.25) is 0 Å². The number of phenolic OH excluding ortho intramolecular Hbond substituents is 1. The number of rotatable bonds is 2. The molecular weight excluding hydrogens is 256 g/mol. The van der Waals surface area contributed by atoms with Crippen LogP contribution in [0.15, 0.2) is 66.7 Å². The summed E-state index contributed by atoms with van der Waals surface area (Å²) in [5, 5.41) is 11.4. The highest BCUT2D eigenvalue weighted by Crippen LogP contribution is 2.23. The second kappa shape index (κ2) is 7.49. The van der Waals surface area contributed by atoms with Crippen molar-refractivity contribution in [2.45, 2.75) is 26.7 Å². The third kappa shape index (κ3) is 3.85. The number of benzene rings is 3. The molecule has 0 unspecified atom stereocenters. The summed E-state index contributed by atoms with van der Waals surface area (Å²) < 4.78 is 0. The van der Waals surface area contributed by atoms with E-state index < -0.39 is 0 Å². The molecule has 0 atom stereocenters. The van der Waals surface area contributed by atoms with Crippen molar-refractivity contribution < 1.29 is 5.11 Å². The number of hydrogen-bond acceptors (Lipinski definition) is 1. The Morgan fingerprint density at radius 3 is 1.95 bits per heavy atom. The van der Waals surface area contributed by atoms with E-state index in [0.29, 0.717) is 5.75 Å². The fourth-order valence-corrected chi connectivity index (χ4v) is 2.56. The molecule has 0 aromatic heterocycles. The van der Waals surface area contributed by atoms with Crippen LogP contribution < -0.4 is 0 Å². The van der Waals surface area contributed by atoms with Crippen LogP contribution >= 0.6 is 0 Å². The monoisotopic (exact) mass is 278 g/mol. The summed E-state index contributed by atoms with van der Waals surface area (Å²) in [5.74, 6) is 0.322. The molecule has 1 heteroatoms. The third-order valence-corrected chi connectivity index (χ3v) is 3.63. The molecule has 0 aliphatic rings. The largest absolute Gasteiger partial charge is 0.508 e. The van der Waals surface area contributed by atoms with Gasteiger partial charge in [0, 0.05) is 0 Å². The minimum absolute atomic E-state index is 0.322. The molecule has 0 saturated carbocycles. The molecule has 0 bridgehead atoms. The first-order valence-corrected chi connectivity index (χ1v) is 7.49. The SMILES string of the molecule is CCc1ccc2ccccc2c1CC.Oc1ccccc1. The lowest BCUT2D eigenvalue weighted by atomic mass is 9.96. The molecule has 0 heterocycles. The van der Waals surface area contributed by atoms with Crippen molar-refractivity contribution in [2.24, 2.45) is 0 Å². The molecule has 0 aliphatic heterocycles. The van der Waals surface area contributed by atoms with Crippen LogP contribution in [0.3, 0.4) is 0 Å². The summed E-state index contributed by atoms with van der Waals surface area (Å²) in [6.45, 7) is 4.46. The average Bonchev–Trinajstić information content (AvgIpc) is 2.55. The van der Waals surface area contributed by atoms with E-state index in [2.05, 4.69) is 50.2 Å². The van der Waals surface area contributed by atoms with Crippen LogP contribution in [0.25, 0.3) is 10.8 Å². The van der Waals surface area contributed by atoms with E-state index in [4.69, 9.17) is 5.11 Å². The second-order valence-electron chi connectivity index (χ2n) is 4.97. The molecule has 108 valence electrons. The van der Waals surface area contributed by atoms with E-state index >= 15 is 0 Å². The first-order chi connectivity index (χ1) is 10.3. The molecule has 1 N–H and O–H groups in total. The molecule has 0 spiro atoms. The van der Waals surface area contributed by atoms with Gasteiger partial charge < -0.3 is 5.11 Å². The van der Waals surface area contributed by atoms with Crippen molar-refractivity contribution in [3.05, 3.63) is 77.9 Å². The Hall–Kier alpha value is -2.28. The van der Waals surface area contributed by atoms with Crippen LogP contribution in [-0.2, 0) is 12.8 Å².